The Morgan fingerprint density at radius 1 is 1.38 bits per heavy atom. The number of hydrogen-bond donors (Lipinski definition) is 0. The first kappa shape index (κ1) is 7.84. The van der Waals surface area contributed by atoms with Gasteiger partial charge >= 0.3 is 5.97 Å². The van der Waals surface area contributed by atoms with Gasteiger partial charge in [0, 0.05) is 0 Å². The first-order chi connectivity index (χ1) is 6.28. The lowest BCUT2D eigenvalue weighted by molar-refractivity contribution is -0.147. The van der Waals surface area contributed by atoms with Crippen molar-refractivity contribution >= 4 is 5.97 Å². The van der Waals surface area contributed by atoms with E-state index in [-0.39, 0.29) is 11.9 Å². The minimum Gasteiger partial charge on any atom is -0.469 e. The highest BCUT2D eigenvalue weighted by atomic mass is 16.5. The van der Waals surface area contributed by atoms with Crippen LogP contribution in [0.2, 0.25) is 0 Å². The van der Waals surface area contributed by atoms with Crippen molar-refractivity contribution in [1.29, 1.82) is 0 Å². The molecule has 2 bridgehead atoms. The minimum atomic E-state index is 0.0541. The maximum absolute atomic E-state index is 11.5. The number of ether oxygens (including phenoxy) is 1. The number of esters is 1. The van der Waals surface area contributed by atoms with Crippen molar-refractivity contribution in [3.63, 3.8) is 0 Å². The Labute approximate surface area is 78.6 Å². The van der Waals surface area contributed by atoms with E-state index in [0.29, 0.717) is 11.3 Å². The molecule has 0 amide bonds. The maximum atomic E-state index is 11.5. The summed E-state index contributed by atoms with van der Waals surface area (Å²) in [5.41, 5.74) is 0.624. The van der Waals surface area contributed by atoms with E-state index >= 15 is 0 Å². The highest BCUT2D eigenvalue weighted by molar-refractivity contribution is 5.73. The van der Waals surface area contributed by atoms with Crippen LogP contribution in [0.5, 0.6) is 0 Å². The van der Waals surface area contributed by atoms with E-state index < -0.39 is 0 Å². The van der Waals surface area contributed by atoms with Gasteiger partial charge in [-0.3, -0.25) is 4.79 Å². The second-order valence-electron chi connectivity index (χ2n) is 4.98. The molecule has 13 heavy (non-hydrogen) atoms. The molecular weight excluding hydrogens is 164 g/mol. The molecule has 3 aliphatic rings. The van der Waals surface area contributed by atoms with Crippen molar-refractivity contribution in [1.82, 2.24) is 0 Å². The smallest absolute Gasteiger partial charge is 0.308 e. The Morgan fingerprint density at radius 3 is 2.69 bits per heavy atom. The van der Waals surface area contributed by atoms with Crippen LogP contribution in [0.25, 0.3) is 0 Å². The topological polar surface area (TPSA) is 26.3 Å². The monoisotopic (exact) mass is 180 g/mol. The zero-order valence-corrected chi connectivity index (χ0v) is 8.08. The van der Waals surface area contributed by atoms with Crippen molar-refractivity contribution in [2.24, 2.45) is 23.2 Å². The van der Waals surface area contributed by atoms with Gasteiger partial charge in [0.05, 0.1) is 13.0 Å². The molecule has 3 fully saturated rings. The summed E-state index contributed by atoms with van der Waals surface area (Å²) in [5.74, 6) is 1.86. The van der Waals surface area contributed by atoms with Crippen molar-refractivity contribution in [2.75, 3.05) is 7.11 Å². The normalized spacial score (nSPS) is 43.9. The average Bonchev–Trinajstić information content (AvgIpc) is 2.82. The third-order valence-electron chi connectivity index (χ3n) is 4.73. The Morgan fingerprint density at radius 2 is 2.15 bits per heavy atom. The van der Waals surface area contributed by atoms with E-state index in [2.05, 4.69) is 0 Å². The number of carbonyl (C=O) groups is 1. The Kier molecular flexibility index (Phi) is 1.38. The van der Waals surface area contributed by atoms with Crippen molar-refractivity contribution in [3.05, 3.63) is 0 Å². The van der Waals surface area contributed by atoms with Crippen LogP contribution in [0.4, 0.5) is 0 Å². The fraction of sp³-hybridized carbons (Fsp3) is 0.909. The van der Waals surface area contributed by atoms with Crippen LogP contribution < -0.4 is 0 Å². The van der Waals surface area contributed by atoms with Crippen LogP contribution in [0, 0.1) is 23.2 Å². The fourth-order valence-electron chi connectivity index (χ4n) is 4.02. The second kappa shape index (κ2) is 2.28. The first-order valence-electron chi connectivity index (χ1n) is 5.36. The highest BCUT2D eigenvalue weighted by Crippen LogP contribution is 2.72. The van der Waals surface area contributed by atoms with Gasteiger partial charge < -0.3 is 4.74 Å². The summed E-state index contributed by atoms with van der Waals surface area (Å²) >= 11 is 0. The summed E-state index contributed by atoms with van der Waals surface area (Å²) in [6, 6.07) is 0. The summed E-state index contributed by atoms with van der Waals surface area (Å²) in [6.45, 7) is 0. The first-order valence-corrected chi connectivity index (χ1v) is 5.36. The van der Waals surface area contributed by atoms with Gasteiger partial charge in [-0.05, 0) is 49.4 Å². The SMILES string of the molecule is COC(=O)[C@@H]1C[C@@H]2CC[C@H]1C21CC1. The fourth-order valence-corrected chi connectivity index (χ4v) is 4.02. The number of methoxy groups -OCH3 is 1. The lowest BCUT2D eigenvalue weighted by Crippen LogP contribution is -2.23. The van der Waals surface area contributed by atoms with Gasteiger partial charge in [0.15, 0.2) is 0 Å². The van der Waals surface area contributed by atoms with Crippen LogP contribution in [-0.2, 0) is 9.53 Å². The molecule has 0 radical (unpaired) electrons. The third-order valence-corrected chi connectivity index (χ3v) is 4.73. The van der Waals surface area contributed by atoms with Crippen LogP contribution >= 0.6 is 0 Å². The van der Waals surface area contributed by atoms with E-state index in [9.17, 15) is 4.79 Å². The Hall–Kier alpha value is -0.530. The van der Waals surface area contributed by atoms with Gasteiger partial charge in [0.25, 0.3) is 0 Å². The average molecular weight is 180 g/mol. The van der Waals surface area contributed by atoms with E-state index in [1.165, 1.54) is 32.8 Å². The zero-order chi connectivity index (χ0) is 9.05. The van der Waals surface area contributed by atoms with Gasteiger partial charge in [0.1, 0.15) is 0 Å². The van der Waals surface area contributed by atoms with E-state index in [0.717, 1.165) is 12.3 Å². The number of carbonyl (C=O) groups excluding carboxylic acids is 1. The molecule has 0 aliphatic heterocycles. The molecule has 3 saturated carbocycles. The van der Waals surface area contributed by atoms with Gasteiger partial charge in [-0.2, -0.15) is 0 Å². The molecule has 0 heterocycles. The summed E-state index contributed by atoms with van der Waals surface area (Å²) in [6.07, 6.45) is 6.55. The Bertz CT molecular complexity index is 255. The van der Waals surface area contributed by atoms with Crippen LogP contribution in [0.1, 0.15) is 32.1 Å². The largest absolute Gasteiger partial charge is 0.469 e. The summed E-state index contributed by atoms with van der Waals surface area (Å²) in [7, 11) is 1.52. The van der Waals surface area contributed by atoms with Gasteiger partial charge in [0.2, 0.25) is 0 Å². The molecule has 0 aromatic heterocycles. The summed E-state index contributed by atoms with van der Waals surface area (Å²) in [5, 5.41) is 0. The van der Waals surface area contributed by atoms with Crippen LogP contribution in [0.15, 0.2) is 0 Å². The molecule has 2 heteroatoms. The lowest BCUT2D eigenvalue weighted by atomic mass is 9.87. The number of hydrogen-bond acceptors (Lipinski definition) is 2. The van der Waals surface area contributed by atoms with Crippen molar-refractivity contribution in [2.45, 2.75) is 32.1 Å². The molecule has 0 aromatic carbocycles. The molecule has 0 aromatic rings. The molecule has 0 unspecified atom stereocenters. The van der Waals surface area contributed by atoms with Crippen LogP contribution in [0.3, 0.4) is 0 Å². The molecule has 0 saturated heterocycles. The summed E-state index contributed by atoms with van der Waals surface area (Å²) in [4.78, 5) is 11.5. The highest BCUT2D eigenvalue weighted by Gasteiger charge is 2.66. The molecule has 3 aliphatic carbocycles. The molecule has 3 atom stereocenters. The van der Waals surface area contributed by atoms with E-state index in [4.69, 9.17) is 4.74 Å². The molecule has 1 spiro atoms. The minimum absolute atomic E-state index is 0.0541. The van der Waals surface area contributed by atoms with Gasteiger partial charge in [-0.25, -0.2) is 0 Å². The summed E-state index contributed by atoms with van der Waals surface area (Å²) < 4.78 is 4.87. The lowest BCUT2D eigenvalue weighted by Gasteiger charge is -2.19. The molecule has 72 valence electrons. The van der Waals surface area contributed by atoms with Crippen molar-refractivity contribution < 1.29 is 9.53 Å². The van der Waals surface area contributed by atoms with Crippen molar-refractivity contribution in [3.8, 4) is 0 Å². The van der Waals surface area contributed by atoms with Gasteiger partial charge in [-0.15, -0.1) is 0 Å². The zero-order valence-electron chi connectivity index (χ0n) is 8.08. The standard InChI is InChI=1S/C11H16O2/c1-13-10(12)8-6-7-2-3-9(8)11(7)4-5-11/h7-9H,2-6H2,1H3/t7-,8+,9+/m0/s1. The molecule has 0 N–H and O–H groups in total. The van der Waals surface area contributed by atoms with Crippen LogP contribution in [-0.4, -0.2) is 13.1 Å². The predicted octanol–water partition coefficient (Wildman–Crippen LogP) is 1.99. The Balaban J connectivity index is 1.85. The maximum Gasteiger partial charge on any atom is 0.308 e. The van der Waals surface area contributed by atoms with Gasteiger partial charge in [-0.1, -0.05) is 0 Å². The molecule has 3 rings (SSSR count). The number of rotatable bonds is 1. The predicted molar refractivity (Wildman–Crippen MR) is 48.0 cm³/mol. The third kappa shape index (κ3) is 0.818. The van der Waals surface area contributed by atoms with E-state index in [1.807, 2.05) is 0 Å². The molecular formula is C11H16O2. The quantitative estimate of drug-likeness (QED) is 0.577. The molecule has 2 nitrogen and oxygen atoms in total. The van der Waals surface area contributed by atoms with E-state index in [1.54, 1.807) is 0 Å². The second-order valence-corrected chi connectivity index (χ2v) is 4.98.